The van der Waals surface area contributed by atoms with Crippen LogP contribution in [-0.4, -0.2) is 59.1 Å². The van der Waals surface area contributed by atoms with Gasteiger partial charge in [0.25, 0.3) is 0 Å². The van der Waals surface area contributed by atoms with Crippen LogP contribution in [0.5, 0.6) is 0 Å². The van der Waals surface area contributed by atoms with E-state index < -0.39 is 0 Å². The summed E-state index contributed by atoms with van der Waals surface area (Å²) in [6, 6.07) is 15.3. The first kappa shape index (κ1) is 19.7. The molecule has 3 aliphatic rings. The number of fused-ring (bicyclic) bond motifs is 1. The number of benzene rings is 2. The van der Waals surface area contributed by atoms with E-state index in [2.05, 4.69) is 21.9 Å². The summed E-state index contributed by atoms with van der Waals surface area (Å²) in [4.78, 5) is 17.2. The van der Waals surface area contributed by atoms with E-state index in [4.69, 9.17) is 0 Å². The maximum atomic E-state index is 13.6. The minimum Gasteiger partial charge on any atom is -0.395 e. The van der Waals surface area contributed by atoms with Crippen LogP contribution in [0.25, 0.3) is 11.1 Å². The minimum absolute atomic E-state index is 0.103. The van der Waals surface area contributed by atoms with E-state index in [0.29, 0.717) is 5.91 Å². The van der Waals surface area contributed by atoms with Crippen molar-refractivity contribution < 1.29 is 14.3 Å². The number of aliphatic hydroxyl groups excluding tert-OH is 1. The van der Waals surface area contributed by atoms with Crippen molar-refractivity contribution in [2.75, 3.05) is 26.2 Å². The second kappa shape index (κ2) is 8.12. The largest absolute Gasteiger partial charge is 0.395 e. The SMILES string of the molecule is O=C(C1CC1)N1CCCCN2[C@H](CO)[C@H](c3ccc(-c4cccc(F)c4)cc3)[C@@H]2C1. The number of rotatable bonds is 4. The third-order valence-electron chi connectivity index (χ3n) is 7.06. The van der Waals surface area contributed by atoms with Crippen LogP contribution in [0, 0.1) is 11.7 Å². The highest BCUT2D eigenvalue weighted by molar-refractivity contribution is 5.81. The summed E-state index contributed by atoms with van der Waals surface area (Å²) in [6.45, 7) is 2.72. The Labute approximate surface area is 177 Å². The fourth-order valence-corrected chi connectivity index (χ4v) is 5.29. The molecule has 0 bridgehead atoms. The van der Waals surface area contributed by atoms with Gasteiger partial charge in [-0.05, 0) is 61.1 Å². The lowest BCUT2D eigenvalue weighted by atomic mass is 9.74. The van der Waals surface area contributed by atoms with Gasteiger partial charge in [-0.15, -0.1) is 0 Å². The smallest absolute Gasteiger partial charge is 0.225 e. The summed E-state index contributed by atoms with van der Waals surface area (Å²) in [7, 11) is 0. The van der Waals surface area contributed by atoms with E-state index in [1.807, 2.05) is 18.2 Å². The van der Waals surface area contributed by atoms with Crippen molar-refractivity contribution in [3.8, 4) is 11.1 Å². The first-order chi connectivity index (χ1) is 14.7. The summed E-state index contributed by atoms with van der Waals surface area (Å²) < 4.78 is 13.6. The normalized spacial score (nSPS) is 27.0. The highest BCUT2D eigenvalue weighted by atomic mass is 19.1. The van der Waals surface area contributed by atoms with E-state index in [9.17, 15) is 14.3 Å². The Hall–Kier alpha value is -2.24. The second-order valence-electron chi connectivity index (χ2n) is 8.98. The molecule has 5 heteroatoms. The molecule has 4 nitrogen and oxygen atoms in total. The van der Waals surface area contributed by atoms with Gasteiger partial charge in [0.2, 0.25) is 5.91 Å². The standard InChI is InChI=1S/C25H29FN2O2/c26-21-5-3-4-20(14-21)17-6-8-18(9-7-17)24-22-15-27(25(30)19-10-11-19)12-1-2-13-28(22)23(24)16-29/h3-9,14,19,22-24,29H,1-2,10-13,15-16H2/t22-,23+,24+/m0/s1. The zero-order valence-corrected chi connectivity index (χ0v) is 17.2. The third kappa shape index (κ3) is 3.65. The number of carbonyl (C=O) groups excluding carboxylic acids is 1. The molecule has 0 spiro atoms. The Morgan fingerprint density at radius 2 is 1.80 bits per heavy atom. The van der Waals surface area contributed by atoms with Crippen LogP contribution >= 0.6 is 0 Å². The van der Waals surface area contributed by atoms with E-state index in [1.54, 1.807) is 12.1 Å². The summed E-state index contributed by atoms with van der Waals surface area (Å²) in [5, 5.41) is 10.1. The average molecular weight is 409 g/mol. The number of aliphatic hydroxyl groups is 1. The van der Waals surface area contributed by atoms with Gasteiger partial charge in [0.15, 0.2) is 0 Å². The molecular formula is C25H29FN2O2. The fraction of sp³-hybridized carbons (Fsp3) is 0.480. The van der Waals surface area contributed by atoms with Crippen LogP contribution in [0.4, 0.5) is 4.39 Å². The average Bonchev–Trinajstić information content (AvgIpc) is 3.58. The van der Waals surface area contributed by atoms with E-state index in [1.165, 1.54) is 11.6 Å². The van der Waals surface area contributed by atoms with Crippen molar-refractivity contribution in [2.45, 2.75) is 43.7 Å². The number of carbonyl (C=O) groups is 1. The molecule has 2 aromatic carbocycles. The Morgan fingerprint density at radius 1 is 1.03 bits per heavy atom. The number of amides is 1. The number of nitrogens with zero attached hydrogens (tertiary/aromatic N) is 2. The summed E-state index contributed by atoms with van der Waals surface area (Å²) in [5.74, 6) is 0.547. The molecule has 158 valence electrons. The lowest BCUT2D eigenvalue weighted by Crippen LogP contribution is -2.68. The van der Waals surface area contributed by atoms with Crippen LogP contribution in [0.1, 0.15) is 37.2 Å². The Bertz CT molecular complexity index is 912. The zero-order valence-electron chi connectivity index (χ0n) is 17.2. The van der Waals surface area contributed by atoms with Gasteiger partial charge in [-0.2, -0.15) is 0 Å². The highest BCUT2D eigenvalue weighted by Crippen LogP contribution is 2.43. The number of hydrogen-bond acceptors (Lipinski definition) is 3. The lowest BCUT2D eigenvalue weighted by molar-refractivity contribution is -0.137. The van der Waals surface area contributed by atoms with Gasteiger partial charge >= 0.3 is 0 Å². The second-order valence-corrected chi connectivity index (χ2v) is 8.98. The van der Waals surface area contributed by atoms with Crippen molar-refractivity contribution in [1.82, 2.24) is 9.80 Å². The first-order valence-corrected chi connectivity index (χ1v) is 11.2. The third-order valence-corrected chi connectivity index (χ3v) is 7.06. The number of halogens is 1. The van der Waals surface area contributed by atoms with E-state index >= 15 is 0 Å². The van der Waals surface area contributed by atoms with Crippen molar-refractivity contribution in [3.63, 3.8) is 0 Å². The molecule has 5 rings (SSSR count). The fourth-order valence-electron chi connectivity index (χ4n) is 5.29. The van der Waals surface area contributed by atoms with Gasteiger partial charge in [-0.3, -0.25) is 9.69 Å². The molecule has 30 heavy (non-hydrogen) atoms. The predicted octanol–water partition coefficient (Wildman–Crippen LogP) is 3.65. The maximum Gasteiger partial charge on any atom is 0.225 e. The first-order valence-electron chi connectivity index (χ1n) is 11.2. The molecule has 0 unspecified atom stereocenters. The van der Waals surface area contributed by atoms with Crippen molar-refractivity contribution >= 4 is 5.91 Å². The monoisotopic (exact) mass is 408 g/mol. The van der Waals surface area contributed by atoms with E-state index in [-0.39, 0.29) is 36.3 Å². The summed E-state index contributed by atoms with van der Waals surface area (Å²) in [5.41, 5.74) is 3.04. The van der Waals surface area contributed by atoms with Gasteiger partial charge in [-0.25, -0.2) is 4.39 Å². The van der Waals surface area contributed by atoms with E-state index in [0.717, 1.165) is 56.4 Å². The molecule has 0 radical (unpaired) electrons. The van der Waals surface area contributed by atoms with Crippen LogP contribution < -0.4 is 0 Å². The van der Waals surface area contributed by atoms with Gasteiger partial charge in [0, 0.05) is 37.0 Å². The molecule has 2 heterocycles. The Morgan fingerprint density at radius 3 is 2.50 bits per heavy atom. The zero-order chi connectivity index (χ0) is 20.7. The molecule has 1 aliphatic carbocycles. The van der Waals surface area contributed by atoms with Gasteiger partial charge < -0.3 is 10.0 Å². The van der Waals surface area contributed by atoms with Crippen molar-refractivity contribution in [3.05, 3.63) is 59.9 Å². The van der Waals surface area contributed by atoms with Crippen molar-refractivity contribution in [2.24, 2.45) is 5.92 Å². The quantitative estimate of drug-likeness (QED) is 0.840. The maximum absolute atomic E-state index is 13.6. The van der Waals surface area contributed by atoms with Gasteiger partial charge in [0.05, 0.1) is 6.61 Å². The highest BCUT2D eigenvalue weighted by Gasteiger charge is 2.50. The Kier molecular flexibility index (Phi) is 5.34. The van der Waals surface area contributed by atoms with Crippen LogP contribution in [0.3, 0.4) is 0 Å². The Balaban J connectivity index is 1.38. The van der Waals surface area contributed by atoms with Gasteiger partial charge in [-0.1, -0.05) is 36.4 Å². The summed E-state index contributed by atoms with van der Waals surface area (Å²) in [6.07, 6.45) is 4.17. The van der Waals surface area contributed by atoms with Crippen LogP contribution in [0.15, 0.2) is 48.5 Å². The lowest BCUT2D eigenvalue weighted by Gasteiger charge is -2.57. The minimum atomic E-state index is -0.235. The molecule has 3 fully saturated rings. The molecule has 3 atom stereocenters. The predicted molar refractivity (Wildman–Crippen MR) is 114 cm³/mol. The van der Waals surface area contributed by atoms with Crippen molar-refractivity contribution in [1.29, 1.82) is 0 Å². The van der Waals surface area contributed by atoms with Crippen LogP contribution in [-0.2, 0) is 4.79 Å². The molecule has 1 N–H and O–H groups in total. The molecule has 2 saturated heterocycles. The van der Waals surface area contributed by atoms with Crippen LogP contribution in [0.2, 0.25) is 0 Å². The van der Waals surface area contributed by atoms with Gasteiger partial charge in [0.1, 0.15) is 5.82 Å². The molecule has 0 aromatic heterocycles. The summed E-state index contributed by atoms with van der Waals surface area (Å²) >= 11 is 0. The molecular weight excluding hydrogens is 379 g/mol. The topological polar surface area (TPSA) is 43.8 Å². The molecule has 2 aliphatic heterocycles. The number of hydrogen-bond donors (Lipinski definition) is 1. The molecule has 2 aromatic rings. The molecule has 1 saturated carbocycles. The molecule has 1 amide bonds.